The van der Waals surface area contributed by atoms with Gasteiger partial charge in [-0.25, -0.2) is 4.79 Å². The molecule has 4 rings (SSSR count). The lowest BCUT2D eigenvalue weighted by atomic mass is 10.0. The molecule has 150 valence electrons. The van der Waals surface area contributed by atoms with Crippen molar-refractivity contribution in [1.82, 2.24) is 14.5 Å². The highest BCUT2D eigenvalue weighted by atomic mass is 35.5. The van der Waals surface area contributed by atoms with Gasteiger partial charge in [0.15, 0.2) is 5.79 Å². The van der Waals surface area contributed by atoms with Crippen LogP contribution in [0.15, 0.2) is 27.8 Å². The average Bonchev–Trinajstić information content (AvgIpc) is 3.12. The number of rotatable bonds is 4. The number of nitrogens with one attached hydrogen (secondary N) is 1. The van der Waals surface area contributed by atoms with Crippen LogP contribution in [0.2, 0.25) is 5.02 Å². The lowest BCUT2D eigenvalue weighted by Crippen LogP contribution is -2.47. The zero-order valence-corrected chi connectivity index (χ0v) is 16.2. The first kappa shape index (κ1) is 19.2. The number of likely N-dealkylation sites (tertiary alicyclic amines) is 1. The number of carbonyl (C=O) groups excluding carboxylic acids is 1. The van der Waals surface area contributed by atoms with Gasteiger partial charge in [-0.2, -0.15) is 0 Å². The Labute approximate surface area is 166 Å². The molecule has 1 spiro atoms. The standard InChI is InChI=1S/C19H22ClN3O5/c20-13-3-4-14-15(12-13)21-18(26)23(17(14)25)7-1-2-16(24)22-8-5-19(6-9-22)27-10-11-28-19/h3-4,12H,1-2,5-11H2,(H,21,26). The first-order chi connectivity index (χ1) is 13.5. The second kappa shape index (κ2) is 7.69. The van der Waals surface area contributed by atoms with E-state index in [2.05, 4.69) is 4.98 Å². The molecule has 0 aliphatic carbocycles. The number of halogens is 1. The summed E-state index contributed by atoms with van der Waals surface area (Å²) in [5.74, 6) is -0.490. The molecule has 2 fully saturated rings. The Morgan fingerprint density at radius 3 is 2.61 bits per heavy atom. The van der Waals surface area contributed by atoms with Crippen LogP contribution in [0.25, 0.3) is 10.9 Å². The molecule has 3 heterocycles. The molecule has 1 N–H and O–H groups in total. The van der Waals surface area contributed by atoms with Crippen molar-refractivity contribution in [3.8, 4) is 0 Å². The summed E-state index contributed by atoms with van der Waals surface area (Å²) in [6, 6.07) is 4.75. The monoisotopic (exact) mass is 407 g/mol. The third kappa shape index (κ3) is 3.72. The Morgan fingerprint density at radius 2 is 1.89 bits per heavy atom. The van der Waals surface area contributed by atoms with Gasteiger partial charge in [0.25, 0.3) is 5.56 Å². The van der Waals surface area contributed by atoms with Crippen LogP contribution in [0.5, 0.6) is 0 Å². The Kier molecular flexibility index (Phi) is 5.27. The van der Waals surface area contributed by atoms with Gasteiger partial charge in [-0.15, -0.1) is 0 Å². The number of hydrogen-bond donors (Lipinski definition) is 1. The van der Waals surface area contributed by atoms with Gasteiger partial charge in [-0.3, -0.25) is 14.2 Å². The van der Waals surface area contributed by atoms with Crippen LogP contribution in [0.4, 0.5) is 0 Å². The fraction of sp³-hybridized carbons (Fsp3) is 0.526. The third-order valence-corrected chi connectivity index (χ3v) is 5.64. The van der Waals surface area contributed by atoms with Crippen LogP contribution in [-0.4, -0.2) is 52.4 Å². The minimum absolute atomic E-state index is 0.0184. The second-order valence-electron chi connectivity index (χ2n) is 7.17. The lowest BCUT2D eigenvalue weighted by molar-refractivity contribution is -0.187. The topological polar surface area (TPSA) is 93.6 Å². The van der Waals surface area contributed by atoms with E-state index in [-0.39, 0.29) is 24.4 Å². The Balaban J connectivity index is 1.36. The minimum atomic E-state index is -0.509. The van der Waals surface area contributed by atoms with Gasteiger partial charge in [0.2, 0.25) is 5.91 Å². The van der Waals surface area contributed by atoms with Crippen molar-refractivity contribution in [2.75, 3.05) is 26.3 Å². The summed E-state index contributed by atoms with van der Waals surface area (Å²) in [4.78, 5) is 41.7. The van der Waals surface area contributed by atoms with Crippen molar-refractivity contribution in [3.05, 3.63) is 44.1 Å². The van der Waals surface area contributed by atoms with Crippen molar-refractivity contribution in [2.45, 2.75) is 38.0 Å². The van der Waals surface area contributed by atoms with Crippen LogP contribution in [0.3, 0.4) is 0 Å². The summed E-state index contributed by atoms with van der Waals surface area (Å²) in [6.45, 7) is 2.58. The quantitative estimate of drug-likeness (QED) is 0.828. The van der Waals surface area contributed by atoms with Gasteiger partial charge in [-0.1, -0.05) is 11.6 Å². The number of carbonyl (C=O) groups is 1. The van der Waals surface area contributed by atoms with Crippen LogP contribution < -0.4 is 11.2 Å². The van der Waals surface area contributed by atoms with Gasteiger partial charge in [-0.05, 0) is 24.6 Å². The van der Waals surface area contributed by atoms with Crippen molar-refractivity contribution < 1.29 is 14.3 Å². The summed E-state index contributed by atoms with van der Waals surface area (Å²) in [5.41, 5.74) is -0.464. The number of fused-ring (bicyclic) bond motifs is 1. The molecule has 8 nitrogen and oxygen atoms in total. The largest absolute Gasteiger partial charge is 0.347 e. The Hall–Kier alpha value is -2.16. The fourth-order valence-corrected chi connectivity index (χ4v) is 4.03. The van der Waals surface area contributed by atoms with Crippen LogP contribution in [0, 0.1) is 0 Å². The zero-order chi connectivity index (χ0) is 19.7. The predicted octanol–water partition coefficient (Wildman–Crippen LogP) is 1.49. The third-order valence-electron chi connectivity index (χ3n) is 5.41. The predicted molar refractivity (Wildman–Crippen MR) is 104 cm³/mol. The first-order valence-electron chi connectivity index (χ1n) is 9.46. The summed E-state index contributed by atoms with van der Waals surface area (Å²) < 4.78 is 12.5. The number of hydrogen-bond acceptors (Lipinski definition) is 5. The van der Waals surface area contributed by atoms with Crippen molar-refractivity contribution >= 4 is 28.4 Å². The van der Waals surface area contributed by atoms with Crippen molar-refractivity contribution in [1.29, 1.82) is 0 Å². The molecular weight excluding hydrogens is 386 g/mol. The van der Waals surface area contributed by atoms with E-state index in [0.29, 0.717) is 61.5 Å². The van der Waals surface area contributed by atoms with Crippen molar-refractivity contribution in [2.24, 2.45) is 0 Å². The van der Waals surface area contributed by atoms with E-state index in [1.54, 1.807) is 23.1 Å². The molecule has 2 aliphatic heterocycles. The van der Waals surface area contributed by atoms with E-state index < -0.39 is 11.5 Å². The molecule has 0 bridgehead atoms. The van der Waals surface area contributed by atoms with Gasteiger partial charge < -0.3 is 19.4 Å². The number of aromatic amines is 1. The smallest absolute Gasteiger partial charge is 0.328 e. The van der Waals surface area contributed by atoms with Gasteiger partial charge in [0, 0.05) is 43.9 Å². The highest BCUT2D eigenvalue weighted by molar-refractivity contribution is 6.31. The number of ether oxygens (including phenoxy) is 2. The molecular formula is C19H22ClN3O5. The molecule has 9 heteroatoms. The molecule has 0 unspecified atom stereocenters. The van der Waals surface area contributed by atoms with E-state index in [1.165, 1.54) is 0 Å². The van der Waals surface area contributed by atoms with E-state index in [0.717, 1.165) is 4.57 Å². The van der Waals surface area contributed by atoms with E-state index >= 15 is 0 Å². The minimum Gasteiger partial charge on any atom is -0.347 e. The molecule has 1 aromatic carbocycles. The summed E-state index contributed by atoms with van der Waals surface area (Å²) in [5, 5.41) is 0.843. The lowest BCUT2D eigenvalue weighted by Gasteiger charge is -2.37. The molecule has 28 heavy (non-hydrogen) atoms. The molecule has 2 aliphatic rings. The van der Waals surface area contributed by atoms with Gasteiger partial charge in [0.1, 0.15) is 0 Å². The number of benzene rings is 1. The Bertz CT molecular complexity index is 999. The normalized spacial score (nSPS) is 18.8. The van der Waals surface area contributed by atoms with E-state index in [4.69, 9.17) is 21.1 Å². The van der Waals surface area contributed by atoms with Gasteiger partial charge >= 0.3 is 5.69 Å². The number of H-pyrrole nitrogens is 1. The molecule has 1 amide bonds. The number of nitrogens with zero attached hydrogens (tertiary/aromatic N) is 2. The second-order valence-corrected chi connectivity index (χ2v) is 7.61. The highest BCUT2D eigenvalue weighted by Crippen LogP contribution is 2.31. The Morgan fingerprint density at radius 1 is 1.18 bits per heavy atom. The zero-order valence-electron chi connectivity index (χ0n) is 15.4. The molecule has 0 radical (unpaired) electrons. The summed E-state index contributed by atoms with van der Waals surface area (Å²) >= 11 is 5.91. The maximum absolute atomic E-state index is 12.6. The number of amides is 1. The van der Waals surface area contributed by atoms with Crippen LogP contribution in [-0.2, 0) is 20.8 Å². The molecule has 2 aromatic rings. The summed E-state index contributed by atoms with van der Waals surface area (Å²) in [7, 11) is 0. The van der Waals surface area contributed by atoms with Gasteiger partial charge in [0.05, 0.1) is 24.1 Å². The van der Waals surface area contributed by atoms with Crippen LogP contribution >= 0.6 is 11.6 Å². The first-order valence-corrected chi connectivity index (χ1v) is 9.83. The van der Waals surface area contributed by atoms with Crippen LogP contribution in [0.1, 0.15) is 25.7 Å². The van der Waals surface area contributed by atoms with Crippen molar-refractivity contribution in [3.63, 3.8) is 0 Å². The molecule has 0 atom stereocenters. The maximum atomic E-state index is 12.6. The highest BCUT2D eigenvalue weighted by Gasteiger charge is 2.40. The fourth-order valence-electron chi connectivity index (χ4n) is 3.86. The maximum Gasteiger partial charge on any atom is 0.328 e. The average molecular weight is 408 g/mol. The number of piperidine rings is 1. The summed E-state index contributed by atoms with van der Waals surface area (Å²) in [6.07, 6.45) is 2.03. The number of aromatic nitrogens is 2. The SMILES string of the molecule is O=C(CCCn1c(=O)[nH]c2cc(Cl)ccc2c1=O)N1CCC2(CC1)OCCO2. The molecule has 0 saturated carbocycles. The molecule has 2 saturated heterocycles. The molecule has 1 aromatic heterocycles. The van der Waals surface area contributed by atoms with E-state index in [9.17, 15) is 14.4 Å². The van der Waals surface area contributed by atoms with E-state index in [1.807, 2.05) is 0 Å².